The standard InChI is InChI=1S/C23H27NO5S/c1-4-23(2,17-25)28-20-9-7-18(8-10-20)6-5-14-24-15-13-19-16-21(11-12-22(19)24)29-30(3,26)27/h7-13,15-17H,4-6,14H2,1-3H3/t23-/m0/s1. The van der Waals surface area contributed by atoms with E-state index in [0.717, 1.165) is 42.8 Å². The number of benzene rings is 2. The van der Waals surface area contributed by atoms with Crippen molar-refractivity contribution in [2.75, 3.05) is 6.26 Å². The molecule has 3 rings (SSSR count). The Balaban J connectivity index is 1.58. The molecule has 1 aromatic heterocycles. The van der Waals surface area contributed by atoms with Crippen LogP contribution in [-0.2, 0) is 27.9 Å². The zero-order valence-electron chi connectivity index (χ0n) is 17.5. The summed E-state index contributed by atoms with van der Waals surface area (Å²) in [5.41, 5.74) is 1.45. The highest BCUT2D eigenvalue weighted by molar-refractivity contribution is 7.86. The number of carbonyl (C=O) groups is 1. The van der Waals surface area contributed by atoms with Gasteiger partial charge in [0.25, 0.3) is 0 Å². The molecule has 1 atom stereocenters. The van der Waals surface area contributed by atoms with Crippen molar-refractivity contribution in [3.63, 3.8) is 0 Å². The van der Waals surface area contributed by atoms with E-state index in [2.05, 4.69) is 4.57 Å². The van der Waals surface area contributed by atoms with Crippen LogP contribution < -0.4 is 8.92 Å². The number of hydrogen-bond acceptors (Lipinski definition) is 5. The van der Waals surface area contributed by atoms with Gasteiger partial charge in [0, 0.05) is 23.6 Å². The predicted molar refractivity (Wildman–Crippen MR) is 118 cm³/mol. The maximum absolute atomic E-state index is 11.3. The van der Waals surface area contributed by atoms with Crippen molar-refractivity contribution in [2.45, 2.75) is 45.3 Å². The van der Waals surface area contributed by atoms with E-state index >= 15 is 0 Å². The fraction of sp³-hybridized carbons (Fsp3) is 0.348. The topological polar surface area (TPSA) is 74.6 Å². The summed E-state index contributed by atoms with van der Waals surface area (Å²) in [6.07, 6.45) is 6.35. The number of aldehydes is 1. The molecule has 7 heteroatoms. The molecule has 0 aliphatic heterocycles. The normalized spacial score (nSPS) is 13.7. The van der Waals surface area contributed by atoms with Gasteiger partial charge in [-0.15, -0.1) is 0 Å². The SMILES string of the molecule is CC[C@@](C)(C=O)Oc1ccc(CCCn2ccc3cc(OS(C)(=O)=O)ccc32)cc1. The minimum Gasteiger partial charge on any atom is -0.480 e. The van der Waals surface area contributed by atoms with Gasteiger partial charge in [-0.1, -0.05) is 19.1 Å². The summed E-state index contributed by atoms with van der Waals surface area (Å²) in [7, 11) is -3.53. The third kappa shape index (κ3) is 5.63. The molecule has 0 spiro atoms. The van der Waals surface area contributed by atoms with E-state index < -0.39 is 15.7 Å². The van der Waals surface area contributed by atoms with Crippen molar-refractivity contribution in [1.29, 1.82) is 0 Å². The van der Waals surface area contributed by atoms with Crippen LogP contribution in [0.25, 0.3) is 10.9 Å². The van der Waals surface area contributed by atoms with E-state index in [-0.39, 0.29) is 0 Å². The largest absolute Gasteiger partial charge is 0.480 e. The van der Waals surface area contributed by atoms with Crippen LogP contribution in [0.3, 0.4) is 0 Å². The van der Waals surface area contributed by atoms with Crippen LogP contribution >= 0.6 is 0 Å². The number of hydrogen-bond donors (Lipinski definition) is 0. The first-order valence-corrected chi connectivity index (χ1v) is 11.8. The zero-order chi connectivity index (χ0) is 21.8. The number of aryl methyl sites for hydroxylation is 2. The maximum atomic E-state index is 11.3. The number of aromatic nitrogens is 1. The molecule has 3 aromatic rings. The zero-order valence-corrected chi connectivity index (χ0v) is 18.3. The lowest BCUT2D eigenvalue weighted by Crippen LogP contribution is -2.33. The molecule has 0 fully saturated rings. The molecule has 0 unspecified atom stereocenters. The first kappa shape index (κ1) is 21.9. The average molecular weight is 430 g/mol. The molecule has 0 bridgehead atoms. The summed E-state index contributed by atoms with van der Waals surface area (Å²) in [4.78, 5) is 11.2. The smallest absolute Gasteiger partial charge is 0.306 e. The van der Waals surface area contributed by atoms with Gasteiger partial charge in [-0.3, -0.25) is 4.79 Å². The van der Waals surface area contributed by atoms with Crippen molar-refractivity contribution >= 4 is 27.3 Å². The molecule has 30 heavy (non-hydrogen) atoms. The van der Waals surface area contributed by atoms with Crippen LogP contribution in [0.4, 0.5) is 0 Å². The molecule has 160 valence electrons. The minimum absolute atomic E-state index is 0.318. The van der Waals surface area contributed by atoms with Gasteiger partial charge < -0.3 is 13.5 Å². The van der Waals surface area contributed by atoms with E-state index in [4.69, 9.17) is 8.92 Å². The van der Waals surface area contributed by atoms with E-state index in [1.807, 2.05) is 49.5 Å². The molecule has 0 aliphatic rings. The lowest BCUT2D eigenvalue weighted by Gasteiger charge is -2.23. The Morgan fingerprint density at radius 2 is 1.77 bits per heavy atom. The lowest BCUT2D eigenvalue weighted by atomic mass is 10.1. The average Bonchev–Trinajstić information content (AvgIpc) is 3.10. The molecule has 0 N–H and O–H groups in total. The van der Waals surface area contributed by atoms with Gasteiger partial charge >= 0.3 is 10.1 Å². The first-order chi connectivity index (χ1) is 14.2. The third-order valence-electron chi connectivity index (χ3n) is 5.08. The van der Waals surface area contributed by atoms with Crippen molar-refractivity contribution in [1.82, 2.24) is 4.57 Å². The Kier molecular flexibility index (Phi) is 6.51. The number of nitrogens with zero attached hydrogens (tertiary/aromatic N) is 1. The van der Waals surface area contributed by atoms with Crippen molar-refractivity contribution < 1.29 is 22.1 Å². The molecule has 0 aliphatic carbocycles. The molecular weight excluding hydrogens is 402 g/mol. The fourth-order valence-electron chi connectivity index (χ4n) is 3.23. The highest BCUT2D eigenvalue weighted by Crippen LogP contribution is 2.24. The van der Waals surface area contributed by atoms with E-state index in [1.165, 1.54) is 5.56 Å². The number of carbonyl (C=O) groups excluding carboxylic acids is 1. The quantitative estimate of drug-likeness (QED) is 0.354. The van der Waals surface area contributed by atoms with Crippen LogP contribution in [0.5, 0.6) is 11.5 Å². The van der Waals surface area contributed by atoms with Crippen LogP contribution in [0.1, 0.15) is 32.3 Å². The molecule has 0 radical (unpaired) electrons. The molecule has 1 heterocycles. The fourth-order valence-corrected chi connectivity index (χ4v) is 3.68. The highest BCUT2D eigenvalue weighted by atomic mass is 32.2. The van der Waals surface area contributed by atoms with E-state index in [9.17, 15) is 13.2 Å². The second-order valence-electron chi connectivity index (χ2n) is 7.65. The van der Waals surface area contributed by atoms with Gasteiger partial charge in [0.05, 0.1) is 6.26 Å². The summed E-state index contributed by atoms with van der Waals surface area (Å²) in [6.45, 7) is 4.55. The van der Waals surface area contributed by atoms with Gasteiger partial charge in [0.15, 0.2) is 11.9 Å². The van der Waals surface area contributed by atoms with Crippen molar-refractivity contribution in [2.24, 2.45) is 0 Å². The number of ether oxygens (including phenoxy) is 1. The Morgan fingerprint density at radius 3 is 2.40 bits per heavy atom. The van der Waals surface area contributed by atoms with Gasteiger partial charge in [-0.25, -0.2) is 0 Å². The van der Waals surface area contributed by atoms with Crippen molar-refractivity contribution in [3.05, 3.63) is 60.3 Å². The van der Waals surface area contributed by atoms with Gasteiger partial charge in [0.1, 0.15) is 11.5 Å². The maximum Gasteiger partial charge on any atom is 0.306 e. The Morgan fingerprint density at radius 1 is 1.07 bits per heavy atom. The molecule has 0 saturated heterocycles. The van der Waals surface area contributed by atoms with Crippen LogP contribution in [0.2, 0.25) is 0 Å². The summed E-state index contributed by atoms with van der Waals surface area (Å²) in [5, 5.41) is 0.937. The van der Waals surface area contributed by atoms with E-state index in [1.54, 1.807) is 19.1 Å². The molecule has 2 aromatic carbocycles. The number of fused-ring (bicyclic) bond motifs is 1. The van der Waals surface area contributed by atoms with Gasteiger partial charge in [0.2, 0.25) is 0 Å². The summed E-state index contributed by atoms with van der Waals surface area (Å²) in [6, 6.07) is 15.1. The van der Waals surface area contributed by atoms with Crippen LogP contribution in [0.15, 0.2) is 54.7 Å². The minimum atomic E-state index is -3.53. The molecule has 0 amide bonds. The summed E-state index contributed by atoms with van der Waals surface area (Å²) < 4.78 is 35.5. The Labute approximate surface area is 177 Å². The van der Waals surface area contributed by atoms with Gasteiger partial charge in [-0.2, -0.15) is 8.42 Å². The molecule has 0 saturated carbocycles. The van der Waals surface area contributed by atoms with Gasteiger partial charge in [-0.05, 0) is 68.1 Å². The first-order valence-electron chi connectivity index (χ1n) is 9.94. The summed E-state index contributed by atoms with van der Waals surface area (Å²) >= 11 is 0. The monoisotopic (exact) mass is 429 g/mol. The second-order valence-corrected chi connectivity index (χ2v) is 9.23. The van der Waals surface area contributed by atoms with Crippen LogP contribution in [0, 0.1) is 0 Å². The lowest BCUT2D eigenvalue weighted by molar-refractivity contribution is -0.120. The van der Waals surface area contributed by atoms with Crippen molar-refractivity contribution in [3.8, 4) is 11.5 Å². The second kappa shape index (κ2) is 8.92. The Hall–Kier alpha value is -2.80. The third-order valence-corrected chi connectivity index (χ3v) is 5.58. The predicted octanol–water partition coefficient (Wildman–Crippen LogP) is 4.36. The Bertz CT molecular complexity index is 1120. The number of rotatable bonds is 10. The van der Waals surface area contributed by atoms with E-state index in [0.29, 0.717) is 17.9 Å². The molecule has 6 nitrogen and oxygen atoms in total. The molecular formula is C23H27NO5S. The summed E-state index contributed by atoms with van der Waals surface area (Å²) in [5.74, 6) is 1.01. The van der Waals surface area contributed by atoms with Crippen LogP contribution in [-0.4, -0.2) is 31.1 Å². The highest BCUT2D eigenvalue weighted by Gasteiger charge is 2.22.